The molecule has 2 aromatic heterocycles. The van der Waals surface area contributed by atoms with Gasteiger partial charge in [0.2, 0.25) is 0 Å². The van der Waals surface area contributed by atoms with Gasteiger partial charge in [-0.2, -0.15) is 5.06 Å². The average Bonchev–Trinajstić information content (AvgIpc) is 2.60. The molecule has 3 aromatic rings. The Kier molecular flexibility index (Phi) is 4.29. The molecule has 0 saturated heterocycles. The van der Waals surface area contributed by atoms with E-state index >= 15 is 0 Å². The molecule has 3 rings (SSSR count). The van der Waals surface area contributed by atoms with E-state index in [9.17, 15) is 4.39 Å². The van der Waals surface area contributed by atoms with Crippen LogP contribution >= 0.6 is 0 Å². The minimum absolute atomic E-state index is 0.175. The van der Waals surface area contributed by atoms with Crippen LogP contribution in [0.2, 0.25) is 0 Å². The molecule has 0 aliphatic heterocycles. The zero-order valence-corrected chi connectivity index (χ0v) is 12.7. The molecule has 1 aromatic carbocycles. The first-order valence-electron chi connectivity index (χ1n) is 7.07. The van der Waals surface area contributed by atoms with Gasteiger partial charge in [-0.25, -0.2) is 14.4 Å². The van der Waals surface area contributed by atoms with Crippen molar-refractivity contribution in [2.24, 2.45) is 0 Å². The van der Waals surface area contributed by atoms with Gasteiger partial charge in [-0.3, -0.25) is 9.82 Å². The summed E-state index contributed by atoms with van der Waals surface area (Å²) in [7, 11) is 1.51. The molecule has 0 unspecified atom stereocenters. The number of ether oxygens (including phenoxy) is 1. The van der Waals surface area contributed by atoms with E-state index in [1.54, 1.807) is 31.5 Å². The predicted octanol–water partition coefficient (Wildman–Crippen LogP) is 3.26. The molecule has 23 heavy (non-hydrogen) atoms. The Hall–Kier alpha value is -2.80. The summed E-state index contributed by atoms with van der Waals surface area (Å²) in [5.74, 6) is 0.266. The Bertz CT molecular complexity index is 828. The van der Waals surface area contributed by atoms with Gasteiger partial charge in [-0.1, -0.05) is 0 Å². The van der Waals surface area contributed by atoms with Gasteiger partial charge < -0.3 is 4.74 Å². The van der Waals surface area contributed by atoms with Crippen molar-refractivity contribution in [2.45, 2.75) is 6.92 Å². The minimum Gasteiger partial charge on any atom is -0.497 e. The third-order valence-electron chi connectivity index (χ3n) is 3.15. The molecule has 0 amide bonds. The van der Waals surface area contributed by atoms with Crippen LogP contribution in [0.3, 0.4) is 0 Å². The first kappa shape index (κ1) is 15.1. The summed E-state index contributed by atoms with van der Waals surface area (Å²) in [6, 6.07) is 7.95. The lowest BCUT2D eigenvalue weighted by molar-refractivity contribution is 0.144. The van der Waals surface area contributed by atoms with E-state index in [0.717, 1.165) is 0 Å². The molecule has 0 aliphatic carbocycles. The van der Waals surface area contributed by atoms with Gasteiger partial charge in [0.1, 0.15) is 22.8 Å². The Labute approximate surface area is 132 Å². The van der Waals surface area contributed by atoms with E-state index in [0.29, 0.717) is 23.4 Å². The number of rotatable bonds is 5. The fourth-order valence-electron chi connectivity index (χ4n) is 2.10. The summed E-state index contributed by atoms with van der Waals surface area (Å²) in [6.07, 6.45) is 3.23. The second-order valence-corrected chi connectivity index (χ2v) is 4.61. The normalized spacial score (nSPS) is 10.7. The largest absolute Gasteiger partial charge is 0.497 e. The zero-order chi connectivity index (χ0) is 16.2. The molecule has 0 fully saturated rings. The highest BCUT2D eigenvalue weighted by atomic mass is 19.1. The minimum atomic E-state index is -0.464. The zero-order valence-electron chi connectivity index (χ0n) is 12.7. The molecule has 0 spiro atoms. The lowest BCUT2D eigenvalue weighted by atomic mass is 10.3. The van der Waals surface area contributed by atoms with Gasteiger partial charge >= 0.3 is 0 Å². The number of methoxy groups -OCH3 is 1. The summed E-state index contributed by atoms with van der Waals surface area (Å²) in [4.78, 5) is 18.3. The Balaban J connectivity index is 2.09. The fourth-order valence-corrected chi connectivity index (χ4v) is 2.10. The van der Waals surface area contributed by atoms with Crippen LogP contribution in [0.15, 0.2) is 42.7 Å². The summed E-state index contributed by atoms with van der Waals surface area (Å²) in [6.45, 7) is 2.12. The number of halogens is 1. The summed E-state index contributed by atoms with van der Waals surface area (Å²) in [5.41, 5.74) is 1.47. The van der Waals surface area contributed by atoms with Crippen LogP contribution in [0.1, 0.15) is 6.92 Å². The van der Waals surface area contributed by atoms with Crippen LogP contribution in [-0.2, 0) is 4.84 Å². The van der Waals surface area contributed by atoms with Gasteiger partial charge in [0.15, 0.2) is 0 Å². The van der Waals surface area contributed by atoms with E-state index in [1.165, 1.54) is 30.4 Å². The first-order chi connectivity index (χ1) is 11.2. The van der Waals surface area contributed by atoms with Crippen molar-refractivity contribution in [3.8, 4) is 5.75 Å². The number of anilines is 2. The van der Waals surface area contributed by atoms with Crippen molar-refractivity contribution in [3.63, 3.8) is 0 Å². The topological polar surface area (TPSA) is 60.4 Å². The number of aromatic nitrogens is 3. The quantitative estimate of drug-likeness (QED) is 0.674. The fraction of sp³-hybridized carbons (Fsp3) is 0.188. The Morgan fingerprint density at radius 3 is 2.83 bits per heavy atom. The van der Waals surface area contributed by atoms with Crippen molar-refractivity contribution < 1.29 is 14.0 Å². The number of benzene rings is 1. The highest BCUT2D eigenvalue weighted by Gasteiger charge is 2.18. The third-order valence-corrected chi connectivity index (χ3v) is 3.15. The maximum absolute atomic E-state index is 14.2. The van der Waals surface area contributed by atoms with Crippen LogP contribution in [0, 0.1) is 5.82 Å². The molecule has 0 atom stereocenters. The number of hydrogen-bond donors (Lipinski definition) is 0. The molecular formula is C16H15FN4O2. The van der Waals surface area contributed by atoms with E-state index in [4.69, 9.17) is 9.57 Å². The molecule has 0 radical (unpaired) electrons. The molecule has 7 heteroatoms. The lowest BCUT2D eigenvalue weighted by Gasteiger charge is -2.22. The second kappa shape index (κ2) is 6.53. The van der Waals surface area contributed by atoms with Crippen LogP contribution in [-0.4, -0.2) is 28.7 Å². The summed E-state index contributed by atoms with van der Waals surface area (Å²) >= 11 is 0. The third kappa shape index (κ3) is 3.04. The lowest BCUT2D eigenvalue weighted by Crippen LogP contribution is -2.21. The summed E-state index contributed by atoms with van der Waals surface area (Å²) in [5, 5.41) is 1.25. The van der Waals surface area contributed by atoms with Gasteiger partial charge in [-0.05, 0) is 31.2 Å². The average molecular weight is 314 g/mol. The van der Waals surface area contributed by atoms with Gasteiger partial charge in [0.25, 0.3) is 5.95 Å². The Morgan fingerprint density at radius 1 is 1.17 bits per heavy atom. The van der Waals surface area contributed by atoms with E-state index < -0.39 is 5.82 Å². The van der Waals surface area contributed by atoms with E-state index in [2.05, 4.69) is 15.0 Å². The van der Waals surface area contributed by atoms with E-state index in [1.807, 2.05) is 0 Å². The molecule has 0 saturated carbocycles. The molecule has 6 nitrogen and oxygen atoms in total. The molecular weight excluding hydrogens is 299 g/mol. The number of hydrogen-bond acceptors (Lipinski definition) is 6. The molecule has 0 N–H and O–H groups in total. The molecule has 0 aliphatic rings. The molecule has 0 bridgehead atoms. The van der Waals surface area contributed by atoms with E-state index in [-0.39, 0.29) is 11.6 Å². The highest BCUT2D eigenvalue weighted by Crippen LogP contribution is 2.30. The molecule has 2 heterocycles. The summed E-state index contributed by atoms with van der Waals surface area (Å²) < 4.78 is 19.4. The predicted molar refractivity (Wildman–Crippen MR) is 84.1 cm³/mol. The van der Waals surface area contributed by atoms with Crippen molar-refractivity contribution in [1.82, 2.24) is 15.0 Å². The van der Waals surface area contributed by atoms with Crippen LogP contribution < -0.4 is 9.80 Å². The number of pyridine rings is 1. The van der Waals surface area contributed by atoms with Crippen molar-refractivity contribution in [1.29, 1.82) is 0 Å². The maximum Gasteiger partial charge on any atom is 0.255 e. The maximum atomic E-state index is 14.2. The Morgan fingerprint density at radius 2 is 2.04 bits per heavy atom. The highest BCUT2D eigenvalue weighted by molar-refractivity contribution is 5.74. The van der Waals surface area contributed by atoms with Gasteiger partial charge in [0, 0.05) is 12.3 Å². The molecule has 118 valence electrons. The van der Waals surface area contributed by atoms with Crippen LogP contribution in [0.25, 0.3) is 11.0 Å². The standard InChI is InChI=1S/C16H15FN4O2/c1-3-23-21(15-9-11(22-2)6-7-12(15)17)16-19-10-14-13(20-16)5-4-8-18-14/h4-10H,3H2,1-2H3. The smallest absolute Gasteiger partial charge is 0.255 e. The van der Waals surface area contributed by atoms with Gasteiger partial charge in [0.05, 0.1) is 25.4 Å². The first-order valence-corrected chi connectivity index (χ1v) is 7.07. The SMILES string of the molecule is CCON(c1ncc2ncccc2n1)c1cc(OC)ccc1F. The second-order valence-electron chi connectivity index (χ2n) is 4.61. The number of fused-ring (bicyclic) bond motifs is 1. The van der Waals surface area contributed by atoms with Crippen molar-refractivity contribution >= 4 is 22.7 Å². The van der Waals surface area contributed by atoms with Crippen molar-refractivity contribution in [3.05, 3.63) is 48.5 Å². The van der Waals surface area contributed by atoms with Crippen LogP contribution in [0.5, 0.6) is 5.75 Å². The monoisotopic (exact) mass is 314 g/mol. The van der Waals surface area contributed by atoms with Crippen molar-refractivity contribution in [2.75, 3.05) is 18.8 Å². The number of nitrogens with zero attached hydrogens (tertiary/aromatic N) is 4. The van der Waals surface area contributed by atoms with Crippen LogP contribution in [0.4, 0.5) is 16.0 Å². The van der Waals surface area contributed by atoms with Gasteiger partial charge in [-0.15, -0.1) is 0 Å².